The average Bonchev–Trinajstić information content (AvgIpc) is 2.64. The molecule has 0 saturated carbocycles. The summed E-state index contributed by atoms with van der Waals surface area (Å²) in [4.78, 5) is 24.3. The van der Waals surface area contributed by atoms with Gasteiger partial charge in [-0.3, -0.25) is 0 Å². The molecular formula is C17H20ClN5O2. The fourth-order valence-corrected chi connectivity index (χ4v) is 2.71. The van der Waals surface area contributed by atoms with E-state index in [0.717, 1.165) is 5.82 Å². The molecule has 132 valence electrons. The standard InChI is InChI=1S/C17H20ClN5O2/c1-2-19-17(24)23-9-7-22(8-10-23)15-11-16(21-12-20-15)25-14-5-3-13(18)4-6-14/h3-6,11-12H,2,7-10H2,1H3,(H,19,24). The lowest BCUT2D eigenvalue weighted by Crippen LogP contribution is -2.52. The highest BCUT2D eigenvalue weighted by atomic mass is 35.5. The number of benzene rings is 1. The maximum Gasteiger partial charge on any atom is 0.317 e. The number of amides is 2. The summed E-state index contributed by atoms with van der Waals surface area (Å²) in [6.45, 7) is 5.29. The second kappa shape index (κ2) is 8.02. The van der Waals surface area contributed by atoms with E-state index in [0.29, 0.717) is 49.4 Å². The fraction of sp³-hybridized carbons (Fsp3) is 0.353. The Morgan fingerprint density at radius 1 is 1.20 bits per heavy atom. The van der Waals surface area contributed by atoms with Gasteiger partial charge in [0.15, 0.2) is 0 Å². The van der Waals surface area contributed by atoms with Gasteiger partial charge >= 0.3 is 6.03 Å². The molecule has 1 aromatic heterocycles. The number of ether oxygens (including phenoxy) is 1. The van der Waals surface area contributed by atoms with E-state index in [1.807, 2.05) is 11.8 Å². The van der Waals surface area contributed by atoms with Gasteiger partial charge in [0.1, 0.15) is 17.9 Å². The molecular weight excluding hydrogens is 342 g/mol. The fourth-order valence-electron chi connectivity index (χ4n) is 2.58. The lowest BCUT2D eigenvalue weighted by Gasteiger charge is -2.35. The van der Waals surface area contributed by atoms with E-state index < -0.39 is 0 Å². The van der Waals surface area contributed by atoms with Crippen molar-refractivity contribution in [3.8, 4) is 11.6 Å². The Morgan fingerprint density at radius 2 is 1.92 bits per heavy atom. The predicted octanol–water partition coefficient (Wildman–Crippen LogP) is 2.77. The first-order valence-corrected chi connectivity index (χ1v) is 8.56. The van der Waals surface area contributed by atoms with Crippen molar-refractivity contribution in [3.63, 3.8) is 0 Å². The van der Waals surface area contributed by atoms with Gasteiger partial charge in [0, 0.05) is 43.8 Å². The van der Waals surface area contributed by atoms with Crippen LogP contribution in [-0.4, -0.2) is 53.6 Å². The summed E-state index contributed by atoms with van der Waals surface area (Å²) in [5, 5.41) is 3.48. The van der Waals surface area contributed by atoms with Crippen LogP contribution in [0.2, 0.25) is 5.02 Å². The van der Waals surface area contributed by atoms with Gasteiger partial charge in [-0.1, -0.05) is 11.6 Å². The Bertz CT molecular complexity index is 717. The minimum atomic E-state index is -0.0170. The van der Waals surface area contributed by atoms with Gasteiger partial charge in [-0.25, -0.2) is 14.8 Å². The van der Waals surface area contributed by atoms with Crippen LogP contribution in [0.5, 0.6) is 11.6 Å². The summed E-state index contributed by atoms with van der Waals surface area (Å²) in [7, 11) is 0. The third-order valence-electron chi connectivity index (χ3n) is 3.88. The first kappa shape index (κ1) is 17.3. The van der Waals surface area contributed by atoms with E-state index in [2.05, 4.69) is 20.2 Å². The largest absolute Gasteiger partial charge is 0.439 e. The van der Waals surface area contributed by atoms with E-state index in [4.69, 9.17) is 16.3 Å². The number of nitrogens with zero attached hydrogens (tertiary/aromatic N) is 4. The molecule has 0 spiro atoms. The number of carbonyl (C=O) groups excluding carboxylic acids is 1. The van der Waals surface area contributed by atoms with Crippen LogP contribution in [-0.2, 0) is 0 Å². The third kappa shape index (κ3) is 4.51. The smallest absolute Gasteiger partial charge is 0.317 e. The highest BCUT2D eigenvalue weighted by Gasteiger charge is 2.21. The molecule has 7 nitrogen and oxygen atoms in total. The molecule has 8 heteroatoms. The predicted molar refractivity (Wildman–Crippen MR) is 96.4 cm³/mol. The van der Waals surface area contributed by atoms with Crippen LogP contribution in [0.15, 0.2) is 36.7 Å². The monoisotopic (exact) mass is 361 g/mol. The molecule has 0 atom stereocenters. The summed E-state index contributed by atoms with van der Waals surface area (Å²) in [6.07, 6.45) is 1.48. The Morgan fingerprint density at radius 3 is 2.60 bits per heavy atom. The van der Waals surface area contributed by atoms with Crippen molar-refractivity contribution in [2.75, 3.05) is 37.6 Å². The molecule has 1 aromatic carbocycles. The summed E-state index contributed by atoms with van der Waals surface area (Å²) >= 11 is 5.87. The maximum absolute atomic E-state index is 11.9. The molecule has 1 aliphatic heterocycles. The number of anilines is 1. The molecule has 1 N–H and O–H groups in total. The quantitative estimate of drug-likeness (QED) is 0.906. The third-order valence-corrected chi connectivity index (χ3v) is 4.13. The number of rotatable bonds is 4. The summed E-state index contributed by atoms with van der Waals surface area (Å²) < 4.78 is 5.75. The molecule has 2 amide bonds. The second-order valence-corrected chi connectivity index (χ2v) is 6.02. The van der Waals surface area contributed by atoms with Gasteiger partial charge in [-0.05, 0) is 31.2 Å². The number of halogens is 1. The average molecular weight is 362 g/mol. The lowest BCUT2D eigenvalue weighted by atomic mass is 10.3. The van der Waals surface area contributed by atoms with Gasteiger partial charge in [0.05, 0.1) is 0 Å². The zero-order valence-corrected chi connectivity index (χ0v) is 14.7. The van der Waals surface area contributed by atoms with Crippen molar-refractivity contribution in [1.82, 2.24) is 20.2 Å². The molecule has 1 fully saturated rings. The number of hydrogen-bond acceptors (Lipinski definition) is 5. The lowest BCUT2D eigenvalue weighted by molar-refractivity contribution is 0.195. The van der Waals surface area contributed by atoms with Crippen LogP contribution in [0.4, 0.5) is 10.6 Å². The Kier molecular flexibility index (Phi) is 5.55. The van der Waals surface area contributed by atoms with Crippen molar-refractivity contribution >= 4 is 23.4 Å². The molecule has 0 unspecified atom stereocenters. The van der Waals surface area contributed by atoms with Crippen molar-refractivity contribution < 1.29 is 9.53 Å². The van der Waals surface area contributed by atoms with Crippen molar-refractivity contribution in [1.29, 1.82) is 0 Å². The number of carbonyl (C=O) groups is 1. The van der Waals surface area contributed by atoms with Crippen LogP contribution in [0.3, 0.4) is 0 Å². The minimum Gasteiger partial charge on any atom is -0.439 e. The van der Waals surface area contributed by atoms with Crippen LogP contribution in [0.1, 0.15) is 6.92 Å². The minimum absolute atomic E-state index is 0.0170. The number of urea groups is 1. The van der Waals surface area contributed by atoms with Crippen molar-refractivity contribution in [3.05, 3.63) is 41.7 Å². The molecule has 25 heavy (non-hydrogen) atoms. The molecule has 2 heterocycles. The van der Waals surface area contributed by atoms with Gasteiger partial charge in [0.25, 0.3) is 0 Å². The topological polar surface area (TPSA) is 70.6 Å². The first-order chi connectivity index (χ1) is 12.2. The molecule has 1 saturated heterocycles. The first-order valence-electron chi connectivity index (χ1n) is 8.19. The molecule has 3 rings (SSSR count). The number of aromatic nitrogens is 2. The Labute approximate surface area is 151 Å². The highest BCUT2D eigenvalue weighted by Crippen LogP contribution is 2.24. The molecule has 2 aromatic rings. The number of hydrogen-bond donors (Lipinski definition) is 1. The van der Waals surface area contributed by atoms with Crippen molar-refractivity contribution in [2.45, 2.75) is 6.92 Å². The zero-order valence-electron chi connectivity index (χ0n) is 14.0. The highest BCUT2D eigenvalue weighted by molar-refractivity contribution is 6.30. The van der Waals surface area contributed by atoms with Gasteiger partial charge in [0.2, 0.25) is 5.88 Å². The van der Waals surface area contributed by atoms with Crippen LogP contribution in [0.25, 0.3) is 0 Å². The Balaban J connectivity index is 1.62. The number of piperazine rings is 1. The van der Waals surface area contributed by atoms with E-state index in [1.165, 1.54) is 6.33 Å². The molecule has 0 radical (unpaired) electrons. The molecule has 1 aliphatic rings. The summed E-state index contributed by atoms with van der Waals surface area (Å²) in [5.41, 5.74) is 0. The van der Waals surface area contributed by atoms with Gasteiger partial charge in [-0.15, -0.1) is 0 Å². The number of nitrogens with one attached hydrogen (secondary N) is 1. The van der Waals surface area contributed by atoms with E-state index >= 15 is 0 Å². The van der Waals surface area contributed by atoms with E-state index in [1.54, 1.807) is 30.3 Å². The molecule has 0 bridgehead atoms. The Hall–Kier alpha value is -2.54. The van der Waals surface area contributed by atoms with Crippen molar-refractivity contribution in [2.24, 2.45) is 0 Å². The van der Waals surface area contributed by atoms with Crippen LogP contribution >= 0.6 is 11.6 Å². The van der Waals surface area contributed by atoms with E-state index in [9.17, 15) is 4.79 Å². The van der Waals surface area contributed by atoms with Gasteiger partial charge < -0.3 is 19.9 Å². The van der Waals surface area contributed by atoms with Gasteiger partial charge in [-0.2, -0.15) is 0 Å². The van der Waals surface area contributed by atoms with Crippen LogP contribution in [0, 0.1) is 0 Å². The maximum atomic E-state index is 11.9. The summed E-state index contributed by atoms with van der Waals surface area (Å²) in [6, 6.07) is 8.89. The SMILES string of the molecule is CCNC(=O)N1CCN(c2cc(Oc3ccc(Cl)cc3)ncn2)CC1. The second-order valence-electron chi connectivity index (χ2n) is 5.58. The van der Waals surface area contributed by atoms with E-state index in [-0.39, 0.29) is 6.03 Å². The molecule has 0 aliphatic carbocycles. The normalized spacial score (nSPS) is 14.3. The summed E-state index contributed by atoms with van der Waals surface area (Å²) in [5.74, 6) is 1.92. The van der Waals surface area contributed by atoms with Crippen LogP contribution < -0.4 is 15.0 Å². The zero-order chi connectivity index (χ0) is 17.6.